The highest BCUT2D eigenvalue weighted by atomic mass is 16.6. The maximum absolute atomic E-state index is 11.5. The predicted octanol–water partition coefficient (Wildman–Crippen LogP) is 3.65. The first-order valence-electron chi connectivity index (χ1n) is 6.78. The maximum atomic E-state index is 11.5. The average molecular weight is 239 g/mol. The summed E-state index contributed by atoms with van der Waals surface area (Å²) in [6, 6.07) is 0. The third-order valence-electron chi connectivity index (χ3n) is 2.98. The topological polar surface area (TPSA) is 38.3 Å². The van der Waals surface area contributed by atoms with E-state index in [9.17, 15) is 4.79 Å². The molecule has 0 fully saturated rings. The minimum absolute atomic E-state index is 0.0607. The normalized spacial score (nSPS) is 22.6. The Labute approximate surface area is 105 Å². The summed E-state index contributed by atoms with van der Waals surface area (Å²) < 4.78 is 5.41. The summed E-state index contributed by atoms with van der Waals surface area (Å²) in [6.07, 6.45) is 10.5. The number of nitrogens with one attached hydrogen (secondary N) is 1. The van der Waals surface area contributed by atoms with Crippen LogP contribution in [0.5, 0.6) is 0 Å². The van der Waals surface area contributed by atoms with E-state index in [0.29, 0.717) is 12.5 Å². The zero-order valence-corrected chi connectivity index (χ0v) is 11.1. The van der Waals surface area contributed by atoms with Gasteiger partial charge in [-0.25, -0.2) is 4.79 Å². The molecule has 0 aromatic rings. The van der Waals surface area contributed by atoms with Gasteiger partial charge in [-0.15, -0.1) is 0 Å². The van der Waals surface area contributed by atoms with E-state index < -0.39 is 0 Å². The lowest BCUT2D eigenvalue weighted by molar-refractivity contribution is 0.0916. The SMILES string of the molecule is CC(C)CCNC(=O)OC1C/C=C/CCCC1. The molecule has 1 unspecified atom stereocenters. The molecule has 3 heteroatoms. The quantitative estimate of drug-likeness (QED) is 0.760. The van der Waals surface area contributed by atoms with Crippen LogP contribution >= 0.6 is 0 Å². The van der Waals surface area contributed by atoms with Crippen molar-refractivity contribution in [3.63, 3.8) is 0 Å². The van der Waals surface area contributed by atoms with E-state index in [1.807, 2.05) is 0 Å². The van der Waals surface area contributed by atoms with Crippen molar-refractivity contribution < 1.29 is 9.53 Å². The van der Waals surface area contributed by atoms with Crippen LogP contribution in [0.2, 0.25) is 0 Å². The molecule has 0 heterocycles. The maximum Gasteiger partial charge on any atom is 0.407 e. The number of allylic oxidation sites excluding steroid dienone is 1. The van der Waals surface area contributed by atoms with Crippen molar-refractivity contribution in [1.29, 1.82) is 0 Å². The summed E-state index contributed by atoms with van der Waals surface area (Å²) in [5.74, 6) is 0.611. The molecule has 0 bridgehead atoms. The van der Waals surface area contributed by atoms with Crippen molar-refractivity contribution in [2.75, 3.05) is 6.54 Å². The van der Waals surface area contributed by atoms with Crippen molar-refractivity contribution in [3.8, 4) is 0 Å². The van der Waals surface area contributed by atoms with E-state index in [2.05, 4.69) is 31.3 Å². The van der Waals surface area contributed by atoms with E-state index in [1.165, 1.54) is 6.42 Å². The predicted molar refractivity (Wildman–Crippen MR) is 70.0 cm³/mol. The van der Waals surface area contributed by atoms with Gasteiger partial charge in [0.1, 0.15) is 6.10 Å². The minimum atomic E-state index is -0.260. The molecule has 17 heavy (non-hydrogen) atoms. The Morgan fingerprint density at radius 1 is 1.41 bits per heavy atom. The molecule has 0 aliphatic heterocycles. The third-order valence-corrected chi connectivity index (χ3v) is 2.98. The van der Waals surface area contributed by atoms with Crippen LogP contribution < -0.4 is 5.32 Å². The van der Waals surface area contributed by atoms with Crippen molar-refractivity contribution in [3.05, 3.63) is 12.2 Å². The van der Waals surface area contributed by atoms with E-state index in [1.54, 1.807) is 0 Å². The Bertz CT molecular complexity index is 249. The van der Waals surface area contributed by atoms with Gasteiger partial charge in [-0.1, -0.05) is 26.0 Å². The Balaban J connectivity index is 2.19. The lowest BCUT2D eigenvalue weighted by atomic mass is 10.0. The smallest absolute Gasteiger partial charge is 0.407 e. The van der Waals surface area contributed by atoms with Crippen LogP contribution in [-0.2, 0) is 4.74 Å². The first-order chi connectivity index (χ1) is 8.18. The highest BCUT2D eigenvalue weighted by molar-refractivity contribution is 5.67. The van der Waals surface area contributed by atoms with Crippen molar-refractivity contribution in [1.82, 2.24) is 5.32 Å². The summed E-state index contributed by atoms with van der Waals surface area (Å²) >= 11 is 0. The van der Waals surface area contributed by atoms with E-state index in [-0.39, 0.29) is 12.2 Å². The largest absolute Gasteiger partial charge is 0.446 e. The van der Waals surface area contributed by atoms with Crippen LogP contribution in [0.4, 0.5) is 4.79 Å². The second kappa shape index (κ2) is 8.15. The third kappa shape index (κ3) is 7.03. The summed E-state index contributed by atoms with van der Waals surface area (Å²) in [5.41, 5.74) is 0. The first-order valence-corrected chi connectivity index (χ1v) is 6.78. The van der Waals surface area contributed by atoms with Crippen LogP contribution in [0.1, 0.15) is 52.4 Å². The number of rotatable bonds is 4. The summed E-state index contributed by atoms with van der Waals surface area (Å²) in [5, 5.41) is 2.81. The number of carbonyl (C=O) groups is 1. The molecule has 1 N–H and O–H groups in total. The fourth-order valence-corrected chi connectivity index (χ4v) is 1.88. The molecule has 0 saturated carbocycles. The number of hydrogen-bond acceptors (Lipinski definition) is 2. The number of ether oxygens (including phenoxy) is 1. The monoisotopic (exact) mass is 239 g/mol. The van der Waals surface area contributed by atoms with Crippen molar-refractivity contribution in [2.24, 2.45) is 5.92 Å². The Morgan fingerprint density at radius 2 is 2.24 bits per heavy atom. The Hall–Kier alpha value is -0.990. The lowest BCUT2D eigenvalue weighted by Crippen LogP contribution is -2.30. The Morgan fingerprint density at radius 3 is 3.00 bits per heavy atom. The number of hydrogen-bond donors (Lipinski definition) is 1. The van der Waals surface area contributed by atoms with Crippen molar-refractivity contribution >= 4 is 6.09 Å². The minimum Gasteiger partial charge on any atom is -0.446 e. The van der Waals surface area contributed by atoms with E-state index in [0.717, 1.165) is 32.1 Å². The molecule has 1 amide bonds. The molecule has 1 rings (SSSR count). The number of amides is 1. The van der Waals surface area contributed by atoms with Crippen LogP contribution in [0.25, 0.3) is 0 Å². The highest BCUT2D eigenvalue weighted by Gasteiger charge is 2.13. The number of alkyl carbamates (subject to hydrolysis) is 1. The molecule has 1 atom stereocenters. The van der Waals surface area contributed by atoms with Crippen LogP contribution in [0, 0.1) is 5.92 Å². The second-order valence-corrected chi connectivity index (χ2v) is 5.13. The average Bonchev–Trinajstić information content (AvgIpc) is 2.21. The summed E-state index contributed by atoms with van der Waals surface area (Å²) in [7, 11) is 0. The molecule has 1 aliphatic rings. The standard InChI is InChI=1S/C14H25NO2/c1-12(2)10-11-15-14(16)17-13-8-6-4-3-5-7-9-13/h4,6,12-13H,3,5,7-11H2,1-2H3,(H,15,16)/b6-4+. The fourth-order valence-electron chi connectivity index (χ4n) is 1.88. The van der Waals surface area contributed by atoms with Crippen LogP contribution in [-0.4, -0.2) is 18.7 Å². The molecular weight excluding hydrogens is 214 g/mol. The molecule has 1 aliphatic carbocycles. The van der Waals surface area contributed by atoms with Gasteiger partial charge >= 0.3 is 6.09 Å². The molecule has 0 saturated heterocycles. The van der Waals surface area contributed by atoms with Gasteiger partial charge in [-0.05, 0) is 38.0 Å². The fraction of sp³-hybridized carbons (Fsp3) is 0.786. The lowest BCUT2D eigenvalue weighted by Gasteiger charge is -2.18. The molecule has 98 valence electrons. The molecule has 0 aromatic heterocycles. The van der Waals surface area contributed by atoms with Gasteiger partial charge in [-0.2, -0.15) is 0 Å². The van der Waals surface area contributed by atoms with Crippen molar-refractivity contribution in [2.45, 2.75) is 58.5 Å². The number of carbonyl (C=O) groups excluding carboxylic acids is 1. The molecule has 3 nitrogen and oxygen atoms in total. The second-order valence-electron chi connectivity index (χ2n) is 5.13. The summed E-state index contributed by atoms with van der Waals surface area (Å²) in [4.78, 5) is 11.5. The van der Waals surface area contributed by atoms with Gasteiger partial charge in [0.05, 0.1) is 0 Å². The molecule has 0 radical (unpaired) electrons. The molecule has 0 spiro atoms. The molecular formula is C14H25NO2. The van der Waals surface area contributed by atoms with Gasteiger partial charge < -0.3 is 10.1 Å². The van der Waals surface area contributed by atoms with Crippen LogP contribution in [0.15, 0.2) is 12.2 Å². The van der Waals surface area contributed by atoms with Gasteiger partial charge in [0.15, 0.2) is 0 Å². The van der Waals surface area contributed by atoms with Gasteiger partial charge in [0, 0.05) is 13.0 Å². The summed E-state index contributed by atoms with van der Waals surface area (Å²) in [6.45, 7) is 5.00. The molecule has 0 aromatic carbocycles. The zero-order chi connectivity index (χ0) is 12.5. The highest BCUT2D eigenvalue weighted by Crippen LogP contribution is 2.15. The van der Waals surface area contributed by atoms with E-state index >= 15 is 0 Å². The van der Waals surface area contributed by atoms with E-state index in [4.69, 9.17) is 4.74 Å². The van der Waals surface area contributed by atoms with Crippen LogP contribution in [0.3, 0.4) is 0 Å². The first kappa shape index (κ1) is 14.1. The van der Waals surface area contributed by atoms with Gasteiger partial charge in [0.25, 0.3) is 0 Å². The Kier molecular flexibility index (Phi) is 6.75. The zero-order valence-electron chi connectivity index (χ0n) is 11.1. The van der Waals surface area contributed by atoms with Gasteiger partial charge in [-0.3, -0.25) is 0 Å². The van der Waals surface area contributed by atoms with Gasteiger partial charge in [0.2, 0.25) is 0 Å².